The minimum atomic E-state index is -3.78. The molecular weight excluding hydrogens is 414 g/mol. The second kappa shape index (κ2) is 7.52. The largest absolute Gasteiger partial charge is 0.444 e. The van der Waals surface area contributed by atoms with E-state index >= 15 is 0 Å². The zero-order chi connectivity index (χ0) is 22.5. The van der Waals surface area contributed by atoms with Gasteiger partial charge in [0.1, 0.15) is 17.2 Å². The summed E-state index contributed by atoms with van der Waals surface area (Å²) >= 11 is 0. The molecule has 0 aromatic rings. The Kier molecular flexibility index (Phi) is 5.65. The van der Waals surface area contributed by atoms with E-state index in [1.165, 1.54) is 6.08 Å². The SMILES string of the molecule is C=CC1CC1(NC(=O)[C@@H]1C[C@@H](O)CN1C(=O)OC(C)(C)C)C(=O)NS(=O)(=O)C1CC1. The second-order valence-electron chi connectivity index (χ2n) is 9.22. The third kappa shape index (κ3) is 4.61. The normalized spacial score (nSPS) is 31.1. The van der Waals surface area contributed by atoms with Crippen LogP contribution in [0.3, 0.4) is 0 Å². The minimum Gasteiger partial charge on any atom is -0.444 e. The molecule has 2 saturated carbocycles. The summed E-state index contributed by atoms with van der Waals surface area (Å²) < 4.78 is 31.7. The average molecular weight is 444 g/mol. The van der Waals surface area contributed by atoms with Crippen molar-refractivity contribution in [2.75, 3.05) is 6.54 Å². The molecule has 4 atom stereocenters. The van der Waals surface area contributed by atoms with Crippen molar-refractivity contribution in [3.05, 3.63) is 12.7 Å². The highest BCUT2D eigenvalue weighted by Gasteiger charge is 2.61. The Balaban J connectivity index is 1.73. The van der Waals surface area contributed by atoms with Crippen molar-refractivity contribution in [3.8, 4) is 0 Å². The van der Waals surface area contributed by atoms with Crippen molar-refractivity contribution in [2.24, 2.45) is 5.92 Å². The van der Waals surface area contributed by atoms with E-state index in [9.17, 15) is 27.9 Å². The van der Waals surface area contributed by atoms with Gasteiger partial charge in [-0.3, -0.25) is 19.2 Å². The number of amides is 3. The van der Waals surface area contributed by atoms with Crippen LogP contribution in [0.15, 0.2) is 12.7 Å². The number of nitrogens with zero attached hydrogens (tertiary/aromatic N) is 1. The predicted molar refractivity (Wildman–Crippen MR) is 107 cm³/mol. The molecule has 0 aromatic carbocycles. The lowest BCUT2D eigenvalue weighted by atomic mass is 10.1. The van der Waals surface area contributed by atoms with Crippen LogP contribution in [0, 0.1) is 5.92 Å². The molecule has 3 fully saturated rings. The van der Waals surface area contributed by atoms with Crippen LogP contribution in [0.1, 0.15) is 46.5 Å². The summed E-state index contributed by atoms with van der Waals surface area (Å²) in [7, 11) is -3.78. The van der Waals surface area contributed by atoms with Gasteiger partial charge in [-0.15, -0.1) is 6.58 Å². The lowest BCUT2D eigenvalue weighted by Crippen LogP contribution is -2.56. The van der Waals surface area contributed by atoms with Crippen LogP contribution in [0.25, 0.3) is 0 Å². The maximum absolute atomic E-state index is 13.0. The fourth-order valence-corrected chi connectivity index (χ4v) is 4.97. The molecule has 1 heterocycles. The van der Waals surface area contributed by atoms with Gasteiger partial charge in [0.2, 0.25) is 15.9 Å². The molecule has 0 spiro atoms. The van der Waals surface area contributed by atoms with Gasteiger partial charge in [-0.25, -0.2) is 13.2 Å². The Bertz CT molecular complexity index is 862. The summed E-state index contributed by atoms with van der Waals surface area (Å²) in [5.74, 6) is -1.90. The topological polar surface area (TPSA) is 142 Å². The zero-order valence-corrected chi connectivity index (χ0v) is 18.2. The third-order valence-corrected chi connectivity index (χ3v) is 7.28. The van der Waals surface area contributed by atoms with Crippen LogP contribution in [-0.4, -0.2) is 71.4 Å². The highest BCUT2D eigenvalue weighted by Crippen LogP contribution is 2.45. The number of hydrogen-bond donors (Lipinski definition) is 3. The first-order valence-electron chi connectivity index (χ1n) is 9.97. The van der Waals surface area contributed by atoms with Crippen molar-refractivity contribution in [2.45, 2.75) is 75.0 Å². The number of rotatable bonds is 6. The number of nitrogens with one attached hydrogen (secondary N) is 2. The van der Waals surface area contributed by atoms with Gasteiger partial charge < -0.3 is 15.2 Å². The maximum Gasteiger partial charge on any atom is 0.411 e. The molecule has 10 nitrogen and oxygen atoms in total. The number of β-amino-alcohol motifs (C(OH)–C–C–N with tert-alkyl or cyclic N) is 1. The minimum absolute atomic E-state index is 0.0120. The van der Waals surface area contributed by atoms with E-state index in [4.69, 9.17) is 4.74 Å². The average Bonchev–Trinajstić information content (AvgIpc) is 3.50. The number of likely N-dealkylation sites (tertiary alicyclic amines) is 1. The number of hydrogen-bond acceptors (Lipinski definition) is 7. The molecule has 3 amide bonds. The van der Waals surface area contributed by atoms with Crippen molar-refractivity contribution < 1.29 is 32.6 Å². The van der Waals surface area contributed by atoms with E-state index in [0.717, 1.165) is 4.90 Å². The molecule has 3 aliphatic rings. The monoisotopic (exact) mass is 443 g/mol. The van der Waals surface area contributed by atoms with Gasteiger partial charge in [-0.05, 0) is 40.0 Å². The van der Waals surface area contributed by atoms with E-state index in [2.05, 4.69) is 16.6 Å². The number of aliphatic hydroxyl groups excluding tert-OH is 1. The third-order valence-electron chi connectivity index (χ3n) is 5.46. The molecule has 3 rings (SSSR count). The van der Waals surface area contributed by atoms with Gasteiger partial charge in [-0.1, -0.05) is 6.08 Å². The summed E-state index contributed by atoms with van der Waals surface area (Å²) in [6.45, 7) is 8.62. The van der Waals surface area contributed by atoms with Crippen LogP contribution in [0.2, 0.25) is 0 Å². The fourth-order valence-electron chi connectivity index (χ4n) is 3.60. The molecule has 3 N–H and O–H groups in total. The van der Waals surface area contributed by atoms with Crippen LogP contribution >= 0.6 is 0 Å². The summed E-state index contributed by atoms with van der Waals surface area (Å²) in [5.41, 5.74) is -2.22. The van der Waals surface area contributed by atoms with Gasteiger partial charge in [0.15, 0.2) is 0 Å². The lowest BCUT2D eigenvalue weighted by Gasteiger charge is -2.29. The van der Waals surface area contributed by atoms with Crippen LogP contribution in [0.5, 0.6) is 0 Å². The van der Waals surface area contributed by atoms with Crippen molar-refractivity contribution in [3.63, 3.8) is 0 Å². The molecule has 1 aliphatic heterocycles. The van der Waals surface area contributed by atoms with Gasteiger partial charge in [0, 0.05) is 12.3 Å². The Hall–Kier alpha value is -2.14. The Morgan fingerprint density at radius 2 is 1.90 bits per heavy atom. The predicted octanol–water partition coefficient (Wildman–Crippen LogP) is 0.0260. The van der Waals surface area contributed by atoms with Gasteiger partial charge in [-0.2, -0.15) is 0 Å². The molecule has 2 aliphatic carbocycles. The summed E-state index contributed by atoms with van der Waals surface area (Å²) in [4.78, 5) is 39.3. The summed E-state index contributed by atoms with van der Waals surface area (Å²) in [5, 5.41) is 12.0. The van der Waals surface area contributed by atoms with Gasteiger partial charge in [0.25, 0.3) is 5.91 Å². The van der Waals surface area contributed by atoms with E-state index in [-0.39, 0.29) is 19.4 Å². The van der Waals surface area contributed by atoms with Crippen molar-refractivity contribution in [1.82, 2.24) is 14.9 Å². The van der Waals surface area contributed by atoms with E-state index < -0.39 is 62.4 Å². The van der Waals surface area contributed by atoms with Crippen LogP contribution in [0.4, 0.5) is 4.79 Å². The van der Waals surface area contributed by atoms with E-state index in [1.54, 1.807) is 20.8 Å². The van der Waals surface area contributed by atoms with Crippen molar-refractivity contribution in [1.29, 1.82) is 0 Å². The number of ether oxygens (including phenoxy) is 1. The number of aliphatic hydroxyl groups is 1. The maximum atomic E-state index is 13.0. The first kappa shape index (κ1) is 22.5. The first-order valence-corrected chi connectivity index (χ1v) is 11.5. The zero-order valence-electron chi connectivity index (χ0n) is 17.4. The number of carbonyl (C=O) groups is 3. The lowest BCUT2D eigenvalue weighted by molar-refractivity contribution is -0.131. The van der Waals surface area contributed by atoms with Crippen LogP contribution in [-0.2, 0) is 24.3 Å². The number of carbonyl (C=O) groups excluding carboxylic acids is 3. The molecule has 11 heteroatoms. The quantitative estimate of drug-likeness (QED) is 0.492. The Morgan fingerprint density at radius 3 is 2.40 bits per heavy atom. The molecule has 0 aromatic heterocycles. The standard InChI is InChI=1S/C19H29N3O7S/c1-5-11-9-19(11,16(25)21-30(27,28)13-6-7-13)20-15(24)14-8-12(23)10-22(14)17(26)29-18(2,3)4/h5,11-14,23H,1,6-10H2,2-4H3,(H,20,24)(H,21,25)/t11?,12-,14+,19?/m1/s1. The summed E-state index contributed by atoms with van der Waals surface area (Å²) in [6.07, 6.45) is 1.01. The Labute approximate surface area is 176 Å². The van der Waals surface area contributed by atoms with E-state index in [1.807, 2.05) is 0 Å². The molecule has 0 radical (unpaired) electrons. The second-order valence-corrected chi connectivity index (χ2v) is 11.2. The fraction of sp³-hybridized carbons (Fsp3) is 0.737. The highest BCUT2D eigenvalue weighted by atomic mass is 32.2. The highest BCUT2D eigenvalue weighted by molar-refractivity contribution is 7.91. The first-order chi connectivity index (χ1) is 13.8. The van der Waals surface area contributed by atoms with Crippen molar-refractivity contribution >= 4 is 27.9 Å². The van der Waals surface area contributed by atoms with Gasteiger partial charge in [0.05, 0.1) is 17.9 Å². The van der Waals surface area contributed by atoms with E-state index in [0.29, 0.717) is 12.8 Å². The number of sulfonamides is 1. The molecule has 2 unspecified atom stereocenters. The summed E-state index contributed by atoms with van der Waals surface area (Å²) in [6, 6.07) is -1.04. The molecule has 1 saturated heterocycles. The van der Waals surface area contributed by atoms with Gasteiger partial charge >= 0.3 is 6.09 Å². The smallest absolute Gasteiger partial charge is 0.411 e. The Morgan fingerprint density at radius 1 is 1.27 bits per heavy atom. The van der Waals surface area contributed by atoms with Crippen LogP contribution < -0.4 is 10.0 Å². The molecular formula is C19H29N3O7S. The molecule has 168 valence electrons. The molecule has 30 heavy (non-hydrogen) atoms. The molecule has 0 bridgehead atoms.